The van der Waals surface area contributed by atoms with Crippen LogP contribution in [0, 0.1) is 26.7 Å². The number of nitrogens with one attached hydrogen (secondary N) is 1. The van der Waals surface area contributed by atoms with Gasteiger partial charge in [-0.2, -0.15) is 5.10 Å². The van der Waals surface area contributed by atoms with Crippen LogP contribution in [0.25, 0.3) is 0 Å². The topological polar surface area (TPSA) is 126 Å². The number of aryl methyl sites for hydroxylation is 4. The molecule has 1 aliphatic heterocycles. The summed E-state index contributed by atoms with van der Waals surface area (Å²) in [5.41, 5.74) is 10.6. The second kappa shape index (κ2) is 10.6. The maximum Gasteiger partial charge on any atom is 0.325 e. The number of rotatable bonds is 7. The molecule has 10 nitrogen and oxygen atoms in total. The number of imide groups is 1. The van der Waals surface area contributed by atoms with E-state index < -0.39 is 23.9 Å². The summed E-state index contributed by atoms with van der Waals surface area (Å²) in [4.78, 5) is 47.4. The number of hydrogen-bond donors (Lipinski definition) is 2. The smallest absolute Gasteiger partial charge is 0.325 e. The SMILES string of the molecule is CC[C@@H](NC(=O)N1C(=O)[C@H](Cc2cc(C)nc(N)c2)[C@H]1C(=O)N(C)c1ccnn1C)c1ccc(C)cc1C. The molecule has 0 unspecified atom stereocenters. The number of β-lactam (4-membered cyclic amide) rings is 1. The number of nitrogens with zero attached hydrogens (tertiary/aromatic N) is 5. The molecule has 0 bridgehead atoms. The van der Waals surface area contributed by atoms with Crippen molar-refractivity contribution >= 4 is 29.5 Å². The van der Waals surface area contributed by atoms with E-state index in [1.165, 1.54) is 4.90 Å². The van der Waals surface area contributed by atoms with E-state index in [1.807, 2.05) is 45.9 Å². The Labute approximate surface area is 222 Å². The van der Waals surface area contributed by atoms with Crippen LogP contribution in [0.5, 0.6) is 0 Å². The van der Waals surface area contributed by atoms with E-state index in [9.17, 15) is 14.4 Å². The van der Waals surface area contributed by atoms with Crippen LogP contribution in [-0.4, -0.2) is 50.6 Å². The molecular weight excluding hydrogens is 482 g/mol. The molecule has 0 saturated carbocycles. The van der Waals surface area contributed by atoms with E-state index in [-0.39, 0.29) is 18.4 Å². The fourth-order valence-electron chi connectivity index (χ4n) is 5.24. The van der Waals surface area contributed by atoms with Gasteiger partial charge in [-0.25, -0.2) is 9.78 Å². The van der Waals surface area contributed by atoms with E-state index in [1.54, 1.807) is 37.1 Å². The lowest BCUT2D eigenvalue weighted by Gasteiger charge is -2.46. The Balaban J connectivity index is 1.63. The van der Waals surface area contributed by atoms with E-state index in [4.69, 9.17) is 5.73 Å². The Morgan fingerprint density at radius 1 is 1.16 bits per heavy atom. The minimum atomic E-state index is -0.978. The van der Waals surface area contributed by atoms with Gasteiger partial charge in [0.1, 0.15) is 17.7 Å². The molecule has 3 aromatic rings. The molecule has 1 aliphatic rings. The van der Waals surface area contributed by atoms with Crippen molar-refractivity contribution in [3.8, 4) is 0 Å². The van der Waals surface area contributed by atoms with Crippen molar-refractivity contribution in [1.29, 1.82) is 0 Å². The molecular formula is C28H35N7O3. The number of benzene rings is 1. The van der Waals surface area contributed by atoms with E-state index >= 15 is 0 Å². The lowest BCUT2D eigenvalue weighted by Crippen LogP contribution is -2.70. The first-order valence-electron chi connectivity index (χ1n) is 12.7. The number of nitrogen functional groups attached to an aromatic ring is 1. The van der Waals surface area contributed by atoms with Crippen molar-refractivity contribution in [2.45, 2.75) is 52.6 Å². The van der Waals surface area contributed by atoms with Gasteiger partial charge in [0.25, 0.3) is 5.91 Å². The Kier molecular flexibility index (Phi) is 7.52. The van der Waals surface area contributed by atoms with Crippen LogP contribution >= 0.6 is 0 Å². The predicted molar refractivity (Wildman–Crippen MR) is 145 cm³/mol. The van der Waals surface area contributed by atoms with Crippen LogP contribution < -0.4 is 16.0 Å². The monoisotopic (exact) mass is 517 g/mol. The predicted octanol–water partition coefficient (Wildman–Crippen LogP) is 3.22. The number of aromatic nitrogens is 3. The minimum absolute atomic E-state index is 0.264. The first-order chi connectivity index (χ1) is 18.0. The first-order valence-corrected chi connectivity index (χ1v) is 12.7. The molecule has 0 radical (unpaired) electrons. The number of hydrogen-bond acceptors (Lipinski definition) is 6. The summed E-state index contributed by atoms with van der Waals surface area (Å²) in [5, 5.41) is 7.14. The number of carbonyl (C=O) groups excluding carboxylic acids is 3. The van der Waals surface area contributed by atoms with Gasteiger partial charge in [0.2, 0.25) is 5.91 Å². The molecule has 1 fully saturated rings. The number of nitrogens with two attached hydrogens (primary N) is 1. The van der Waals surface area contributed by atoms with Gasteiger partial charge in [0.05, 0.1) is 18.2 Å². The van der Waals surface area contributed by atoms with E-state index in [0.29, 0.717) is 18.1 Å². The highest BCUT2D eigenvalue weighted by Crippen LogP contribution is 2.34. The van der Waals surface area contributed by atoms with Gasteiger partial charge >= 0.3 is 6.03 Å². The zero-order valence-electron chi connectivity index (χ0n) is 22.7. The van der Waals surface area contributed by atoms with Crippen LogP contribution in [-0.2, 0) is 23.1 Å². The fourth-order valence-corrected chi connectivity index (χ4v) is 5.24. The van der Waals surface area contributed by atoms with Gasteiger partial charge in [-0.05, 0) is 62.4 Å². The molecule has 3 N–H and O–H groups in total. The summed E-state index contributed by atoms with van der Waals surface area (Å²) in [7, 11) is 3.35. The lowest BCUT2D eigenvalue weighted by atomic mass is 9.81. The highest BCUT2D eigenvalue weighted by molar-refractivity contribution is 6.12. The van der Waals surface area contributed by atoms with Crippen LogP contribution in [0.1, 0.15) is 47.3 Å². The summed E-state index contributed by atoms with van der Waals surface area (Å²) in [6, 6.07) is 9.44. The molecule has 1 saturated heterocycles. The maximum absolute atomic E-state index is 13.8. The van der Waals surface area contributed by atoms with Gasteiger partial charge < -0.3 is 11.1 Å². The standard InChI is InChI=1S/C28H35N7O3/c1-7-22(20-9-8-16(2)12-17(20)3)32-28(38)35-25(27(37)33(5)24-10-11-30-34(24)6)21(26(35)36)14-19-13-18(4)31-23(29)15-19/h8-13,15,21-22,25H,7,14H2,1-6H3,(H2,29,31)(H,32,38)/t21-,22-,25+/m1/s1. The Morgan fingerprint density at radius 3 is 2.50 bits per heavy atom. The number of pyridine rings is 1. The highest BCUT2D eigenvalue weighted by atomic mass is 16.2. The summed E-state index contributed by atoms with van der Waals surface area (Å²) >= 11 is 0. The van der Waals surface area contributed by atoms with E-state index in [2.05, 4.69) is 21.5 Å². The summed E-state index contributed by atoms with van der Waals surface area (Å²) in [6.45, 7) is 7.81. The number of carbonyl (C=O) groups is 3. The van der Waals surface area contributed by atoms with Crippen LogP contribution in [0.15, 0.2) is 42.6 Å². The van der Waals surface area contributed by atoms with Crippen molar-refractivity contribution in [1.82, 2.24) is 25.0 Å². The molecule has 38 heavy (non-hydrogen) atoms. The molecule has 3 atom stereocenters. The van der Waals surface area contributed by atoms with Gasteiger partial charge in [0, 0.05) is 25.9 Å². The average Bonchev–Trinajstić information content (AvgIpc) is 3.28. The number of likely N-dealkylation sites (tertiary alicyclic amines) is 1. The summed E-state index contributed by atoms with van der Waals surface area (Å²) < 4.78 is 1.57. The van der Waals surface area contributed by atoms with Gasteiger partial charge in [-0.15, -0.1) is 0 Å². The number of amides is 4. The summed E-state index contributed by atoms with van der Waals surface area (Å²) in [6.07, 6.45) is 2.48. The molecule has 200 valence electrons. The minimum Gasteiger partial charge on any atom is -0.384 e. The van der Waals surface area contributed by atoms with Crippen LogP contribution in [0.2, 0.25) is 0 Å². The third-order valence-corrected chi connectivity index (χ3v) is 7.15. The van der Waals surface area contributed by atoms with Crippen molar-refractivity contribution in [3.63, 3.8) is 0 Å². The molecule has 0 aliphatic carbocycles. The Hall–Kier alpha value is -4.21. The largest absolute Gasteiger partial charge is 0.384 e. The third-order valence-electron chi connectivity index (χ3n) is 7.15. The van der Waals surface area contributed by atoms with Crippen LogP contribution in [0.4, 0.5) is 16.4 Å². The average molecular weight is 518 g/mol. The molecule has 3 heterocycles. The Bertz CT molecular complexity index is 1360. The van der Waals surface area contributed by atoms with Gasteiger partial charge in [-0.3, -0.25) is 24.1 Å². The van der Waals surface area contributed by atoms with Crippen molar-refractivity contribution in [2.24, 2.45) is 13.0 Å². The number of anilines is 2. The van der Waals surface area contributed by atoms with Crippen molar-refractivity contribution < 1.29 is 14.4 Å². The zero-order chi connectivity index (χ0) is 27.7. The lowest BCUT2D eigenvalue weighted by molar-refractivity contribution is -0.156. The fraction of sp³-hybridized carbons (Fsp3) is 0.393. The van der Waals surface area contributed by atoms with Gasteiger partial charge in [-0.1, -0.05) is 30.7 Å². The van der Waals surface area contributed by atoms with Gasteiger partial charge in [0.15, 0.2) is 0 Å². The summed E-state index contributed by atoms with van der Waals surface area (Å²) in [5.74, 6) is -0.588. The second-order valence-corrected chi connectivity index (χ2v) is 9.99. The maximum atomic E-state index is 13.8. The normalized spacial score (nSPS) is 17.6. The van der Waals surface area contributed by atoms with Crippen molar-refractivity contribution in [2.75, 3.05) is 17.7 Å². The molecule has 0 spiro atoms. The number of urea groups is 1. The van der Waals surface area contributed by atoms with Crippen LogP contribution in [0.3, 0.4) is 0 Å². The quantitative estimate of drug-likeness (QED) is 0.464. The Morgan fingerprint density at radius 2 is 1.89 bits per heavy atom. The van der Waals surface area contributed by atoms with E-state index in [0.717, 1.165) is 32.8 Å². The molecule has 1 aromatic carbocycles. The first kappa shape index (κ1) is 26.8. The molecule has 4 rings (SSSR count). The molecule has 2 aromatic heterocycles. The molecule has 4 amide bonds. The molecule has 10 heteroatoms. The van der Waals surface area contributed by atoms with Crippen molar-refractivity contribution in [3.05, 3.63) is 70.5 Å². The second-order valence-electron chi connectivity index (χ2n) is 9.99. The zero-order valence-corrected chi connectivity index (χ0v) is 22.7. The highest BCUT2D eigenvalue weighted by Gasteiger charge is 2.55. The third kappa shape index (κ3) is 5.11. The number of likely N-dealkylation sites (N-methyl/N-ethyl adjacent to an activating group) is 1.